The van der Waals surface area contributed by atoms with Crippen LogP contribution in [-0.2, 0) is 21.4 Å². The number of aromatic hydroxyl groups is 1. The Bertz CT molecular complexity index is 1540. The highest BCUT2D eigenvalue weighted by Gasteiger charge is 2.28. The van der Waals surface area contributed by atoms with Crippen LogP contribution in [0.1, 0.15) is 61.7 Å². The van der Waals surface area contributed by atoms with Gasteiger partial charge in [-0.2, -0.15) is 0 Å². The lowest BCUT2D eigenvalue weighted by Gasteiger charge is -2.24. The minimum atomic E-state index is -0.886. The zero-order valence-electron chi connectivity index (χ0n) is 24.0. The number of phenolic OH excluding ortho intramolecular Hbond substituents is 1. The average molecular weight is 576 g/mol. The van der Waals surface area contributed by atoms with Crippen LogP contribution in [0.5, 0.6) is 5.75 Å². The quantitative estimate of drug-likeness (QED) is 0.238. The number of hydrogen-bond acceptors (Lipinski definition) is 7. The van der Waals surface area contributed by atoms with E-state index in [0.717, 1.165) is 22.1 Å². The number of ether oxygens (including phenoxy) is 1. The van der Waals surface area contributed by atoms with Gasteiger partial charge in [-0.3, -0.25) is 4.79 Å². The largest absolute Gasteiger partial charge is 0.508 e. The molecule has 0 saturated heterocycles. The molecule has 0 radical (unpaired) electrons. The summed E-state index contributed by atoms with van der Waals surface area (Å²) >= 11 is 1.41. The molecule has 0 aliphatic carbocycles. The predicted octanol–water partition coefficient (Wildman–Crippen LogP) is 6.70. The minimum Gasteiger partial charge on any atom is -0.508 e. The number of hydrogen-bond donors (Lipinski definition) is 2. The molecule has 0 saturated carbocycles. The van der Waals surface area contributed by atoms with Gasteiger partial charge in [-0.05, 0) is 56.0 Å². The van der Waals surface area contributed by atoms with E-state index in [9.17, 15) is 19.1 Å². The predicted molar refractivity (Wildman–Crippen MR) is 158 cm³/mol. The molecule has 9 heteroatoms. The number of carbonyl (C=O) groups is 2. The van der Waals surface area contributed by atoms with Gasteiger partial charge in [0.2, 0.25) is 0 Å². The minimum absolute atomic E-state index is 0.0821. The number of phenols is 1. The fraction of sp³-hybridized carbons (Fsp3) is 0.312. The van der Waals surface area contributed by atoms with Crippen LogP contribution in [0.15, 0.2) is 67.0 Å². The number of esters is 1. The molecule has 4 aromatic rings. The van der Waals surface area contributed by atoms with Gasteiger partial charge in [0.15, 0.2) is 5.82 Å². The molecule has 7 nitrogen and oxygen atoms in total. The van der Waals surface area contributed by atoms with Gasteiger partial charge in [-0.15, -0.1) is 11.3 Å². The van der Waals surface area contributed by atoms with E-state index in [1.54, 1.807) is 26.8 Å². The molecule has 0 spiro atoms. The van der Waals surface area contributed by atoms with Gasteiger partial charge in [0.25, 0.3) is 5.91 Å². The lowest BCUT2D eigenvalue weighted by molar-refractivity contribution is -0.157. The Morgan fingerprint density at radius 1 is 0.951 bits per heavy atom. The molecule has 0 fully saturated rings. The van der Waals surface area contributed by atoms with Crippen molar-refractivity contribution in [3.05, 3.63) is 88.1 Å². The van der Waals surface area contributed by atoms with Crippen molar-refractivity contribution in [3.63, 3.8) is 0 Å². The van der Waals surface area contributed by atoms with Crippen LogP contribution in [0.25, 0.3) is 22.5 Å². The van der Waals surface area contributed by atoms with Gasteiger partial charge < -0.3 is 15.2 Å². The molecule has 1 atom stereocenters. The molecule has 214 valence electrons. The van der Waals surface area contributed by atoms with Crippen molar-refractivity contribution in [2.75, 3.05) is 0 Å². The Labute approximate surface area is 243 Å². The second-order valence-electron chi connectivity index (χ2n) is 11.8. The molecule has 2 N–H and O–H groups in total. The van der Waals surface area contributed by atoms with Crippen LogP contribution >= 0.6 is 11.3 Å². The van der Waals surface area contributed by atoms with E-state index >= 15 is 0 Å². The third kappa shape index (κ3) is 7.76. The topological polar surface area (TPSA) is 101 Å². The molecule has 2 aromatic carbocycles. The Morgan fingerprint density at radius 3 is 2.17 bits per heavy atom. The van der Waals surface area contributed by atoms with E-state index in [-0.39, 0.29) is 29.1 Å². The number of rotatable bonds is 7. The molecular weight excluding hydrogens is 541 g/mol. The Kier molecular flexibility index (Phi) is 8.58. The summed E-state index contributed by atoms with van der Waals surface area (Å²) in [5, 5.41) is 12.3. The SMILES string of the molecule is CC(C)(C)OC(=O)C(Cc1ccc(-c2ncc(-c3ccc(O)cc3F)cn2)cc1)NC(=O)c1ccc(C(C)(C)C)s1. The highest BCUT2D eigenvalue weighted by Crippen LogP contribution is 2.30. The van der Waals surface area contributed by atoms with Crippen molar-refractivity contribution in [2.24, 2.45) is 0 Å². The molecule has 41 heavy (non-hydrogen) atoms. The first-order chi connectivity index (χ1) is 19.2. The number of carbonyl (C=O) groups excluding carboxylic acids is 2. The van der Waals surface area contributed by atoms with Gasteiger partial charge in [-0.25, -0.2) is 19.2 Å². The van der Waals surface area contributed by atoms with Crippen molar-refractivity contribution in [1.29, 1.82) is 0 Å². The summed E-state index contributed by atoms with van der Waals surface area (Å²) in [6.07, 6.45) is 3.28. The highest BCUT2D eigenvalue weighted by molar-refractivity contribution is 7.14. The Morgan fingerprint density at radius 2 is 1.61 bits per heavy atom. The zero-order chi connectivity index (χ0) is 29.9. The molecule has 0 aliphatic heterocycles. The van der Waals surface area contributed by atoms with E-state index in [4.69, 9.17) is 4.74 Å². The number of nitrogens with one attached hydrogen (secondary N) is 1. The van der Waals surface area contributed by atoms with Gasteiger partial charge in [0.1, 0.15) is 23.2 Å². The summed E-state index contributed by atoms with van der Waals surface area (Å²) in [4.78, 5) is 36.5. The van der Waals surface area contributed by atoms with Gasteiger partial charge in [-0.1, -0.05) is 45.0 Å². The maximum absolute atomic E-state index is 14.2. The van der Waals surface area contributed by atoms with Crippen molar-refractivity contribution in [2.45, 2.75) is 65.0 Å². The average Bonchev–Trinajstić information content (AvgIpc) is 3.40. The first-order valence-corrected chi connectivity index (χ1v) is 14.1. The fourth-order valence-electron chi connectivity index (χ4n) is 4.04. The summed E-state index contributed by atoms with van der Waals surface area (Å²) in [5.41, 5.74) is 1.53. The van der Waals surface area contributed by atoms with E-state index in [0.29, 0.717) is 16.3 Å². The number of benzene rings is 2. The number of halogens is 1. The number of thiophene rings is 1. The smallest absolute Gasteiger partial charge is 0.329 e. The Balaban J connectivity index is 1.50. The number of aromatic nitrogens is 2. The maximum atomic E-state index is 14.2. The van der Waals surface area contributed by atoms with E-state index in [1.165, 1.54) is 35.9 Å². The maximum Gasteiger partial charge on any atom is 0.329 e. The molecule has 0 bridgehead atoms. The van der Waals surface area contributed by atoms with Gasteiger partial charge >= 0.3 is 5.97 Å². The van der Waals surface area contributed by atoms with Gasteiger partial charge in [0.05, 0.1) is 4.88 Å². The second-order valence-corrected chi connectivity index (χ2v) is 12.9. The summed E-state index contributed by atoms with van der Waals surface area (Å²) < 4.78 is 19.8. The van der Waals surface area contributed by atoms with Crippen molar-refractivity contribution >= 4 is 23.2 Å². The second kappa shape index (κ2) is 11.8. The number of amides is 1. The summed E-state index contributed by atoms with van der Waals surface area (Å²) in [6.45, 7) is 11.6. The molecule has 4 rings (SSSR count). The van der Waals surface area contributed by atoms with Crippen LogP contribution in [0.2, 0.25) is 0 Å². The Hall–Kier alpha value is -4.11. The number of nitrogens with zero attached hydrogens (tertiary/aromatic N) is 2. The third-order valence-electron chi connectivity index (χ3n) is 6.13. The molecule has 2 aromatic heterocycles. The molecular formula is C32H34FN3O4S. The van der Waals surface area contributed by atoms with Crippen LogP contribution in [0.3, 0.4) is 0 Å². The van der Waals surface area contributed by atoms with E-state index < -0.39 is 23.4 Å². The zero-order valence-corrected chi connectivity index (χ0v) is 24.8. The molecule has 1 amide bonds. The van der Waals surface area contributed by atoms with Crippen molar-refractivity contribution in [3.8, 4) is 28.3 Å². The summed E-state index contributed by atoms with van der Waals surface area (Å²) in [5.74, 6) is -1.10. The van der Waals surface area contributed by atoms with Crippen LogP contribution in [-0.4, -0.2) is 38.6 Å². The molecule has 1 unspecified atom stereocenters. The fourth-order valence-corrected chi connectivity index (χ4v) is 5.01. The first-order valence-electron chi connectivity index (χ1n) is 13.2. The van der Waals surface area contributed by atoms with E-state index in [1.807, 2.05) is 30.3 Å². The normalized spacial score (nSPS) is 12.6. The lowest BCUT2D eigenvalue weighted by atomic mass is 9.95. The highest BCUT2D eigenvalue weighted by atomic mass is 32.1. The van der Waals surface area contributed by atoms with Crippen molar-refractivity contribution < 1.29 is 23.8 Å². The molecule has 2 heterocycles. The van der Waals surface area contributed by atoms with Crippen LogP contribution in [0.4, 0.5) is 4.39 Å². The summed E-state index contributed by atoms with van der Waals surface area (Å²) in [7, 11) is 0. The third-order valence-corrected chi connectivity index (χ3v) is 7.64. The monoisotopic (exact) mass is 575 g/mol. The van der Waals surface area contributed by atoms with Gasteiger partial charge in [0, 0.05) is 46.4 Å². The summed E-state index contributed by atoms with van der Waals surface area (Å²) in [6, 6.07) is 14.1. The van der Waals surface area contributed by atoms with Crippen LogP contribution < -0.4 is 5.32 Å². The van der Waals surface area contributed by atoms with E-state index in [2.05, 4.69) is 36.1 Å². The standard InChI is InChI=1S/C32H34FN3O4S/c1-31(2,3)27-14-13-26(41-27)29(38)36-25(30(39)40-32(4,5)6)15-19-7-9-20(10-8-19)28-34-17-21(18-35-28)23-12-11-22(37)16-24(23)33/h7-14,16-18,25,37H,15H2,1-6H3,(H,36,38). The lowest BCUT2D eigenvalue weighted by Crippen LogP contribution is -2.45. The first kappa shape index (κ1) is 29.9. The van der Waals surface area contributed by atoms with Crippen molar-refractivity contribution in [1.82, 2.24) is 15.3 Å². The van der Waals surface area contributed by atoms with Crippen LogP contribution in [0, 0.1) is 5.82 Å². The molecule has 0 aliphatic rings.